The second-order valence-corrected chi connectivity index (χ2v) is 4.74. The second-order valence-electron chi connectivity index (χ2n) is 4.34. The first-order valence-electron chi connectivity index (χ1n) is 6.54. The fourth-order valence-corrected chi connectivity index (χ4v) is 2.06. The molecule has 0 radical (unpaired) electrons. The minimum atomic E-state index is -0.174. The summed E-state index contributed by atoms with van der Waals surface area (Å²) < 4.78 is 5.30. The number of rotatable bonds is 5. The maximum absolute atomic E-state index is 12.1. The molecule has 0 saturated carbocycles. The lowest BCUT2D eigenvalue weighted by atomic mass is 10.1. The summed E-state index contributed by atoms with van der Waals surface area (Å²) in [5, 5.41) is 10.0. The van der Waals surface area contributed by atoms with Crippen molar-refractivity contribution in [2.45, 2.75) is 6.92 Å². The van der Waals surface area contributed by atoms with Crippen LogP contribution in [-0.4, -0.2) is 17.5 Å². The Bertz CT molecular complexity index is 677. The van der Waals surface area contributed by atoms with Crippen LogP contribution in [0, 0.1) is 0 Å². The van der Waals surface area contributed by atoms with Gasteiger partial charge in [-0.1, -0.05) is 35.9 Å². The summed E-state index contributed by atoms with van der Waals surface area (Å²) in [6.07, 6.45) is 3.11. The van der Waals surface area contributed by atoms with Crippen molar-refractivity contribution in [3.05, 3.63) is 64.7 Å². The first-order chi connectivity index (χ1) is 10.1. The summed E-state index contributed by atoms with van der Waals surface area (Å²) in [5.74, 6) is 0.294. The molecule has 0 atom stereocenters. The lowest BCUT2D eigenvalue weighted by Gasteiger charge is -2.06. The molecule has 0 aliphatic carbocycles. The highest BCUT2D eigenvalue weighted by Gasteiger charge is 2.06. The average Bonchev–Trinajstić information content (AvgIpc) is 2.48. The van der Waals surface area contributed by atoms with E-state index >= 15 is 0 Å². The van der Waals surface area contributed by atoms with Crippen LogP contribution in [-0.2, 0) is 0 Å². The minimum Gasteiger partial charge on any atom is -0.504 e. The topological polar surface area (TPSA) is 46.5 Å². The Labute approximate surface area is 128 Å². The zero-order valence-corrected chi connectivity index (χ0v) is 12.3. The van der Waals surface area contributed by atoms with Crippen molar-refractivity contribution >= 4 is 23.5 Å². The van der Waals surface area contributed by atoms with Crippen LogP contribution >= 0.6 is 11.6 Å². The maximum Gasteiger partial charge on any atom is 0.187 e. The number of ketones is 1. The lowest BCUT2D eigenvalue weighted by Crippen LogP contribution is -1.95. The van der Waals surface area contributed by atoms with Crippen LogP contribution in [0.5, 0.6) is 11.5 Å². The molecule has 108 valence electrons. The van der Waals surface area contributed by atoms with Gasteiger partial charge in [0.2, 0.25) is 0 Å². The fourth-order valence-electron chi connectivity index (χ4n) is 1.83. The van der Waals surface area contributed by atoms with Crippen LogP contribution in [0.1, 0.15) is 22.8 Å². The molecule has 1 N–H and O–H groups in total. The molecule has 21 heavy (non-hydrogen) atoms. The third kappa shape index (κ3) is 3.86. The predicted molar refractivity (Wildman–Crippen MR) is 84.1 cm³/mol. The summed E-state index contributed by atoms with van der Waals surface area (Å²) >= 11 is 5.98. The van der Waals surface area contributed by atoms with E-state index in [1.165, 1.54) is 12.1 Å². The van der Waals surface area contributed by atoms with Crippen LogP contribution in [0.2, 0.25) is 5.02 Å². The summed E-state index contributed by atoms with van der Waals surface area (Å²) in [4.78, 5) is 12.1. The smallest absolute Gasteiger partial charge is 0.187 e. The Balaban J connectivity index is 2.20. The first-order valence-corrected chi connectivity index (χ1v) is 6.92. The fraction of sp³-hybridized carbons (Fsp3) is 0.118. The highest BCUT2D eigenvalue weighted by atomic mass is 35.5. The summed E-state index contributed by atoms with van der Waals surface area (Å²) in [5.41, 5.74) is 1.22. The third-order valence-electron chi connectivity index (χ3n) is 2.85. The van der Waals surface area contributed by atoms with E-state index in [0.29, 0.717) is 22.9 Å². The van der Waals surface area contributed by atoms with Crippen molar-refractivity contribution in [3.63, 3.8) is 0 Å². The summed E-state index contributed by atoms with van der Waals surface area (Å²) in [6, 6.07) is 11.8. The van der Waals surface area contributed by atoms with Gasteiger partial charge in [0.25, 0.3) is 0 Å². The maximum atomic E-state index is 12.1. The molecule has 0 aliphatic heterocycles. The van der Waals surface area contributed by atoms with Crippen LogP contribution < -0.4 is 4.74 Å². The number of phenolic OH excluding ortho intramolecular Hbond substituents is 1. The number of ether oxygens (including phenoxy) is 1. The molecule has 0 unspecified atom stereocenters. The van der Waals surface area contributed by atoms with E-state index in [1.54, 1.807) is 42.5 Å². The van der Waals surface area contributed by atoms with Gasteiger partial charge in [0.15, 0.2) is 17.3 Å². The van der Waals surface area contributed by atoms with Crippen LogP contribution in [0.15, 0.2) is 48.5 Å². The summed E-state index contributed by atoms with van der Waals surface area (Å²) in [6.45, 7) is 2.29. The monoisotopic (exact) mass is 302 g/mol. The molecule has 4 heteroatoms. The molecule has 0 saturated heterocycles. The van der Waals surface area contributed by atoms with Crippen molar-refractivity contribution in [2.24, 2.45) is 0 Å². The van der Waals surface area contributed by atoms with Gasteiger partial charge >= 0.3 is 0 Å². The molecule has 3 nitrogen and oxygen atoms in total. The quantitative estimate of drug-likeness (QED) is 0.660. The molecule has 0 bridgehead atoms. The van der Waals surface area contributed by atoms with Crippen molar-refractivity contribution in [1.29, 1.82) is 0 Å². The number of halogens is 1. The van der Waals surface area contributed by atoms with E-state index in [9.17, 15) is 9.90 Å². The van der Waals surface area contributed by atoms with Crippen molar-refractivity contribution in [1.82, 2.24) is 0 Å². The number of phenols is 1. The Morgan fingerprint density at radius 2 is 2.05 bits per heavy atom. The number of hydrogen-bond acceptors (Lipinski definition) is 3. The van der Waals surface area contributed by atoms with E-state index in [4.69, 9.17) is 16.3 Å². The van der Waals surface area contributed by atoms with Crippen LogP contribution in [0.4, 0.5) is 0 Å². The first kappa shape index (κ1) is 15.1. The normalized spacial score (nSPS) is 10.8. The number of aromatic hydroxyl groups is 1. The summed E-state index contributed by atoms with van der Waals surface area (Å²) in [7, 11) is 0. The Hall–Kier alpha value is -2.26. The minimum absolute atomic E-state index is 0.0754. The zero-order chi connectivity index (χ0) is 15.2. The van der Waals surface area contributed by atoms with Gasteiger partial charge in [0.1, 0.15) is 0 Å². The standard InChI is InChI=1S/C17H15ClO3/c1-2-21-17-11-12(8-10-16(17)20)7-9-15(19)13-5-3-4-6-14(13)18/h3-11,20H,2H2,1H3/b9-7+. The molecule has 0 heterocycles. The van der Waals surface area contributed by atoms with Crippen molar-refractivity contribution < 1.29 is 14.6 Å². The van der Waals surface area contributed by atoms with Crippen LogP contribution in [0.3, 0.4) is 0 Å². The SMILES string of the molecule is CCOc1cc(/C=C/C(=O)c2ccccc2Cl)ccc1O. The molecular weight excluding hydrogens is 288 g/mol. The Morgan fingerprint density at radius 3 is 2.76 bits per heavy atom. The van der Waals surface area contributed by atoms with Gasteiger partial charge in [0, 0.05) is 5.56 Å². The largest absolute Gasteiger partial charge is 0.504 e. The van der Waals surface area contributed by atoms with Gasteiger partial charge in [0.05, 0.1) is 11.6 Å². The molecule has 0 fully saturated rings. The molecule has 0 aromatic heterocycles. The van der Waals surface area contributed by atoms with Gasteiger partial charge < -0.3 is 9.84 Å². The Morgan fingerprint density at radius 1 is 1.29 bits per heavy atom. The number of benzene rings is 2. The number of carbonyl (C=O) groups is 1. The molecular formula is C17H15ClO3. The lowest BCUT2D eigenvalue weighted by molar-refractivity contribution is 0.104. The van der Waals surface area contributed by atoms with Gasteiger partial charge in [-0.3, -0.25) is 4.79 Å². The molecule has 0 amide bonds. The van der Waals surface area contributed by atoms with Crippen LogP contribution in [0.25, 0.3) is 6.08 Å². The molecule has 0 spiro atoms. The Kier molecular flexibility index (Phi) is 5.01. The molecule has 2 aromatic carbocycles. The van der Waals surface area contributed by atoms with Crippen molar-refractivity contribution in [3.8, 4) is 11.5 Å². The zero-order valence-electron chi connectivity index (χ0n) is 11.5. The highest BCUT2D eigenvalue weighted by molar-refractivity contribution is 6.34. The predicted octanol–water partition coefficient (Wildman–Crippen LogP) is 4.34. The average molecular weight is 303 g/mol. The number of carbonyl (C=O) groups excluding carboxylic acids is 1. The van der Waals surface area contributed by atoms with E-state index < -0.39 is 0 Å². The molecule has 2 rings (SSSR count). The molecule has 0 aliphatic rings. The van der Waals surface area contributed by atoms with E-state index in [2.05, 4.69) is 0 Å². The van der Waals surface area contributed by atoms with E-state index in [-0.39, 0.29) is 11.5 Å². The molecule has 2 aromatic rings. The van der Waals surface area contributed by atoms with E-state index in [0.717, 1.165) is 5.56 Å². The second kappa shape index (κ2) is 6.95. The van der Waals surface area contributed by atoms with E-state index in [1.807, 2.05) is 6.92 Å². The van der Waals surface area contributed by atoms with Gasteiger partial charge in [-0.2, -0.15) is 0 Å². The van der Waals surface area contributed by atoms with Gasteiger partial charge in [-0.05, 0) is 42.8 Å². The van der Waals surface area contributed by atoms with Crippen molar-refractivity contribution in [2.75, 3.05) is 6.61 Å². The van der Waals surface area contributed by atoms with Gasteiger partial charge in [-0.15, -0.1) is 0 Å². The highest BCUT2D eigenvalue weighted by Crippen LogP contribution is 2.27. The third-order valence-corrected chi connectivity index (χ3v) is 3.18. The van der Waals surface area contributed by atoms with Gasteiger partial charge in [-0.25, -0.2) is 0 Å². The number of allylic oxidation sites excluding steroid dienone is 1. The number of hydrogen-bond donors (Lipinski definition) is 1.